The standard InChI is InChI=1S/C19H33N3O2.HI/c1-16(2)7-5-6-12-21-19(20-3)22-15-17-8-10-18(11-9-17)24-14-13-23-4;/h8-11,16H,5-7,12-15H2,1-4H3,(H2,20,21,22);1H. The second-order valence-electron chi connectivity index (χ2n) is 6.23. The molecule has 1 aromatic carbocycles. The minimum atomic E-state index is 0. The van der Waals surface area contributed by atoms with Crippen LogP contribution in [0.2, 0.25) is 0 Å². The minimum absolute atomic E-state index is 0. The van der Waals surface area contributed by atoms with Crippen LogP contribution in [-0.4, -0.2) is 39.9 Å². The van der Waals surface area contributed by atoms with E-state index in [1.807, 2.05) is 12.1 Å². The van der Waals surface area contributed by atoms with Crippen LogP contribution in [0.1, 0.15) is 38.7 Å². The molecular formula is C19H34IN3O2. The maximum Gasteiger partial charge on any atom is 0.191 e. The number of halogens is 1. The first-order valence-electron chi connectivity index (χ1n) is 8.81. The van der Waals surface area contributed by atoms with Gasteiger partial charge in [-0.3, -0.25) is 4.99 Å². The van der Waals surface area contributed by atoms with Gasteiger partial charge >= 0.3 is 0 Å². The van der Waals surface area contributed by atoms with Gasteiger partial charge in [-0.1, -0.05) is 38.8 Å². The molecule has 1 rings (SSSR count). The molecule has 0 unspecified atom stereocenters. The van der Waals surface area contributed by atoms with Gasteiger partial charge in [0, 0.05) is 27.2 Å². The van der Waals surface area contributed by atoms with Crippen molar-refractivity contribution in [1.29, 1.82) is 0 Å². The van der Waals surface area contributed by atoms with E-state index in [1.54, 1.807) is 14.2 Å². The summed E-state index contributed by atoms with van der Waals surface area (Å²) < 4.78 is 10.5. The lowest BCUT2D eigenvalue weighted by atomic mass is 10.1. The highest BCUT2D eigenvalue weighted by Crippen LogP contribution is 2.12. The van der Waals surface area contributed by atoms with Gasteiger partial charge in [0.1, 0.15) is 12.4 Å². The van der Waals surface area contributed by atoms with E-state index < -0.39 is 0 Å². The Balaban J connectivity index is 0.00000576. The summed E-state index contributed by atoms with van der Waals surface area (Å²) in [6, 6.07) is 8.08. The third kappa shape index (κ3) is 12.0. The summed E-state index contributed by atoms with van der Waals surface area (Å²) in [4.78, 5) is 4.26. The van der Waals surface area contributed by atoms with Crippen molar-refractivity contribution >= 4 is 29.9 Å². The Bertz CT molecular complexity index is 464. The largest absolute Gasteiger partial charge is 0.491 e. The van der Waals surface area contributed by atoms with E-state index in [0.29, 0.717) is 13.2 Å². The molecule has 0 atom stereocenters. The average Bonchev–Trinajstić information content (AvgIpc) is 2.58. The maximum atomic E-state index is 5.56. The van der Waals surface area contributed by atoms with Gasteiger partial charge in [0.2, 0.25) is 0 Å². The lowest BCUT2D eigenvalue weighted by Gasteiger charge is -2.12. The van der Waals surface area contributed by atoms with E-state index in [1.165, 1.54) is 24.8 Å². The molecule has 6 heteroatoms. The number of hydrogen-bond acceptors (Lipinski definition) is 3. The zero-order valence-corrected chi connectivity index (χ0v) is 18.3. The Labute approximate surface area is 170 Å². The SMILES string of the molecule is CN=C(NCCCCC(C)C)NCc1ccc(OCCOC)cc1.I. The van der Waals surface area contributed by atoms with Crippen molar-refractivity contribution in [3.8, 4) is 5.75 Å². The van der Waals surface area contributed by atoms with Crippen LogP contribution in [0.25, 0.3) is 0 Å². The van der Waals surface area contributed by atoms with Gasteiger partial charge in [-0.15, -0.1) is 24.0 Å². The molecule has 0 bridgehead atoms. The second-order valence-corrected chi connectivity index (χ2v) is 6.23. The van der Waals surface area contributed by atoms with Gasteiger partial charge in [0.15, 0.2) is 5.96 Å². The summed E-state index contributed by atoms with van der Waals surface area (Å²) in [5, 5.41) is 6.69. The molecule has 1 aromatic rings. The summed E-state index contributed by atoms with van der Waals surface area (Å²) in [6.45, 7) is 7.40. The molecule has 144 valence electrons. The second kappa shape index (κ2) is 15.3. The van der Waals surface area contributed by atoms with Crippen LogP contribution in [0.15, 0.2) is 29.3 Å². The minimum Gasteiger partial charge on any atom is -0.491 e. The quantitative estimate of drug-likeness (QED) is 0.227. The third-order valence-corrected chi connectivity index (χ3v) is 3.66. The van der Waals surface area contributed by atoms with Crippen LogP contribution in [0.5, 0.6) is 5.75 Å². The molecule has 0 aliphatic carbocycles. The lowest BCUT2D eigenvalue weighted by Crippen LogP contribution is -2.37. The molecule has 2 N–H and O–H groups in total. The summed E-state index contributed by atoms with van der Waals surface area (Å²) >= 11 is 0. The van der Waals surface area contributed by atoms with Gasteiger partial charge in [-0.2, -0.15) is 0 Å². The zero-order chi connectivity index (χ0) is 17.6. The predicted octanol–water partition coefficient (Wildman–Crippen LogP) is 3.82. The van der Waals surface area contributed by atoms with E-state index in [4.69, 9.17) is 9.47 Å². The highest BCUT2D eigenvalue weighted by atomic mass is 127. The van der Waals surface area contributed by atoms with Crippen molar-refractivity contribution in [3.05, 3.63) is 29.8 Å². The van der Waals surface area contributed by atoms with Crippen molar-refractivity contribution in [2.24, 2.45) is 10.9 Å². The van der Waals surface area contributed by atoms with Crippen LogP contribution in [0, 0.1) is 5.92 Å². The van der Waals surface area contributed by atoms with E-state index in [2.05, 4.69) is 41.6 Å². The number of nitrogens with one attached hydrogen (secondary N) is 2. The molecule has 0 heterocycles. The molecular weight excluding hydrogens is 429 g/mol. The van der Waals surface area contributed by atoms with E-state index in [-0.39, 0.29) is 24.0 Å². The fraction of sp³-hybridized carbons (Fsp3) is 0.632. The Morgan fingerprint density at radius 3 is 2.40 bits per heavy atom. The number of guanidine groups is 1. The van der Waals surface area contributed by atoms with Crippen LogP contribution >= 0.6 is 24.0 Å². The average molecular weight is 463 g/mol. The van der Waals surface area contributed by atoms with E-state index >= 15 is 0 Å². The van der Waals surface area contributed by atoms with Gasteiger partial charge in [-0.25, -0.2) is 0 Å². The Morgan fingerprint density at radius 2 is 1.80 bits per heavy atom. The zero-order valence-electron chi connectivity index (χ0n) is 16.0. The molecule has 0 fully saturated rings. The first-order chi connectivity index (χ1) is 11.7. The fourth-order valence-electron chi connectivity index (χ4n) is 2.24. The van der Waals surface area contributed by atoms with Crippen molar-refractivity contribution in [2.45, 2.75) is 39.7 Å². The molecule has 25 heavy (non-hydrogen) atoms. The smallest absolute Gasteiger partial charge is 0.191 e. The van der Waals surface area contributed by atoms with Gasteiger partial charge in [0.05, 0.1) is 6.61 Å². The highest BCUT2D eigenvalue weighted by molar-refractivity contribution is 14.0. The fourth-order valence-corrected chi connectivity index (χ4v) is 2.24. The van der Waals surface area contributed by atoms with Gasteiger partial charge in [0.25, 0.3) is 0 Å². The number of ether oxygens (including phenoxy) is 2. The summed E-state index contributed by atoms with van der Waals surface area (Å²) in [5.41, 5.74) is 1.19. The third-order valence-electron chi connectivity index (χ3n) is 3.66. The number of rotatable bonds is 11. The normalized spacial score (nSPS) is 11.2. The number of unbranched alkanes of at least 4 members (excludes halogenated alkanes) is 1. The number of benzene rings is 1. The number of aliphatic imine (C=N–C) groups is 1. The lowest BCUT2D eigenvalue weighted by molar-refractivity contribution is 0.146. The molecule has 5 nitrogen and oxygen atoms in total. The van der Waals surface area contributed by atoms with Gasteiger partial charge in [-0.05, 0) is 30.0 Å². The summed E-state index contributed by atoms with van der Waals surface area (Å²) in [5.74, 6) is 2.49. The highest BCUT2D eigenvalue weighted by Gasteiger charge is 2.00. The number of methoxy groups -OCH3 is 1. The van der Waals surface area contributed by atoms with E-state index in [0.717, 1.165) is 30.7 Å². The Morgan fingerprint density at radius 1 is 1.08 bits per heavy atom. The monoisotopic (exact) mass is 463 g/mol. The predicted molar refractivity (Wildman–Crippen MR) is 116 cm³/mol. The van der Waals surface area contributed by atoms with Crippen LogP contribution in [0.3, 0.4) is 0 Å². The summed E-state index contributed by atoms with van der Waals surface area (Å²) in [6.07, 6.45) is 3.71. The van der Waals surface area contributed by atoms with Crippen molar-refractivity contribution in [3.63, 3.8) is 0 Å². The first kappa shape index (κ1) is 24.0. The maximum absolute atomic E-state index is 5.56. The van der Waals surface area contributed by atoms with E-state index in [9.17, 15) is 0 Å². The molecule has 0 aliphatic heterocycles. The molecule has 0 saturated carbocycles. The summed E-state index contributed by atoms with van der Waals surface area (Å²) in [7, 11) is 3.47. The van der Waals surface area contributed by atoms with Crippen LogP contribution in [-0.2, 0) is 11.3 Å². The Kier molecular flexibility index (Phi) is 14.6. The number of nitrogens with zero attached hydrogens (tertiary/aromatic N) is 1. The van der Waals surface area contributed by atoms with Gasteiger partial charge < -0.3 is 20.1 Å². The molecule has 0 spiro atoms. The van der Waals surface area contributed by atoms with Crippen molar-refractivity contribution in [1.82, 2.24) is 10.6 Å². The topological polar surface area (TPSA) is 54.9 Å². The molecule has 0 radical (unpaired) electrons. The first-order valence-corrected chi connectivity index (χ1v) is 8.81. The number of hydrogen-bond donors (Lipinski definition) is 2. The molecule has 0 aromatic heterocycles. The molecule has 0 saturated heterocycles. The molecule has 0 aliphatic rings. The van der Waals surface area contributed by atoms with Crippen molar-refractivity contribution in [2.75, 3.05) is 33.9 Å². The molecule has 0 amide bonds. The van der Waals surface area contributed by atoms with Crippen molar-refractivity contribution < 1.29 is 9.47 Å². The van der Waals surface area contributed by atoms with Crippen LogP contribution < -0.4 is 15.4 Å². The van der Waals surface area contributed by atoms with Crippen LogP contribution in [0.4, 0.5) is 0 Å². The Hall–Kier alpha value is -1.02.